The average molecular weight is 255 g/mol. The second-order valence-corrected chi connectivity index (χ2v) is 4.49. The maximum Gasteiger partial charge on any atom is 0.253 e. The van der Waals surface area contributed by atoms with Gasteiger partial charge in [0.15, 0.2) is 6.10 Å². The predicted molar refractivity (Wildman–Crippen MR) is 62.6 cm³/mol. The molecule has 1 aromatic carbocycles. The predicted octanol–water partition coefficient (Wildman–Crippen LogP) is 1.94. The van der Waals surface area contributed by atoms with E-state index in [-0.39, 0.29) is 12.5 Å². The van der Waals surface area contributed by atoms with Crippen molar-refractivity contribution in [3.05, 3.63) is 35.9 Å². The number of benzene rings is 1. The molecule has 0 bridgehead atoms. The van der Waals surface area contributed by atoms with Gasteiger partial charge in [-0.1, -0.05) is 30.3 Å². The first-order valence-electron chi connectivity index (χ1n) is 5.80. The number of epoxide rings is 1. The van der Waals surface area contributed by atoms with Gasteiger partial charge in [0.25, 0.3) is 11.8 Å². The van der Waals surface area contributed by atoms with Gasteiger partial charge in [0.1, 0.15) is 0 Å². The number of amides is 1. The van der Waals surface area contributed by atoms with Crippen molar-refractivity contribution < 1.29 is 18.3 Å². The molecule has 0 saturated carbocycles. The van der Waals surface area contributed by atoms with Crippen LogP contribution < -0.4 is 5.32 Å². The number of nitrogens with one attached hydrogen (secondary N) is 1. The Morgan fingerprint density at radius 1 is 1.50 bits per heavy atom. The van der Waals surface area contributed by atoms with Crippen LogP contribution in [0.5, 0.6) is 0 Å². The molecule has 0 spiro atoms. The summed E-state index contributed by atoms with van der Waals surface area (Å²) in [5.41, 5.74) is 0.516. The topological polar surface area (TPSA) is 41.6 Å². The minimum atomic E-state index is -2.89. The summed E-state index contributed by atoms with van der Waals surface area (Å²) in [7, 11) is 0. The second-order valence-electron chi connectivity index (χ2n) is 4.49. The molecular formula is C13H15F2NO2. The lowest BCUT2D eigenvalue weighted by Crippen LogP contribution is -2.37. The Balaban J connectivity index is 2.04. The summed E-state index contributed by atoms with van der Waals surface area (Å²) in [4.78, 5) is 11.4. The first-order valence-corrected chi connectivity index (χ1v) is 5.80. The van der Waals surface area contributed by atoms with E-state index < -0.39 is 17.9 Å². The summed E-state index contributed by atoms with van der Waals surface area (Å²) in [5, 5.41) is 2.51. The summed E-state index contributed by atoms with van der Waals surface area (Å²) in [5.74, 6) is -4.24. The Morgan fingerprint density at radius 2 is 2.11 bits per heavy atom. The van der Waals surface area contributed by atoms with Crippen LogP contribution in [0.25, 0.3) is 0 Å². The van der Waals surface area contributed by atoms with E-state index in [4.69, 9.17) is 4.74 Å². The number of alkyl halides is 2. The molecule has 3 nitrogen and oxygen atoms in total. The number of rotatable bonds is 5. The zero-order chi connectivity index (χ0) is 13.2. The number of hydrogen-bond acceptors (Lipinski definition) is 2. The number of halogens is 2. The van der Waals surface area contributed by atoms with Crippen LogP contribution >= 0.6 is 0 Å². The molecule has 1 aliphatic rings. The molecule has 1 heterocycles. The van der Waals surface area contributed by atoms with Gasteiger partial charge in [-0.05, 0) is 5.56 Å². The molecular weight excluding hydrogens is 240 g/mol. The maximum absolute atomic E-state index is 13.6. The molecule has 1 aliphatic heterocycles. The Bertz CT molecular complexity index is 413. The fourth-order valence-electron chi connectivity index (χ4n) is 1.79. The highest BCUT2D eigenvalue weighted by Crippen LogP contribution is 2.32. The van der Waals surface area contributed by atoms with E-state index in [9.17, 15) is 13.6 Å². The average Bonchev–Trinajstić information content (AvgIpc) is 3.12. The molecule has 1 saturated heterocycles. The van der Waals surface area contributed by atoms with E-state index in [2.05, 4.69) is 5.32 Å². The van der Waals surface area contributed by atoms with Gasteiger partial charge >= 0.3 is 0 Å². The smallest absolute Gasteiger partial charge is 0.253 e. The lowest BCUT2D eigenvalue weighted by atomic mass is 9.93. The minimum Gasteiger partial charge on any atom is -0.363 e. The molecule has 0 radical (unpaired) electrons. The third kappa shape index (κ3) is 3.26. The molecule has 5 heteroatoms. The first kappa shape index (κ1) is 13.0. The summed E-state index contributed by atoms with van der Waals surface area (Å²) in [6.07, 6.45) is -0.452. The van der Waals surface area contributed by atoms with Crippen molar-refractivity contribution in [1.29, 1.82) is 0 Å². The standard InChI is InChI=1S/C13H15F2NO2/c1-13(14,15)10(9-5-3-2-4-6-9)7-16-12(17)11-8-18-11/h2-6,10-11H,7-8H2,1H3,(H,16,17). The van der Waals surface area contributed by atoms with Crippen LogP contribution in [0.1, 0.15) is 18.4 Å². The Hall–Kier alpha value is -1.49. The van der Waals surface area contributed by atoms with E-state index in [0.29, 0.717) is 12.2 Å². The van der Waals surface area contributed by atoms with E-state index in [1.807, 2.05) is 0 Å². The minimum absolute atomic E-state index is 0.0911. The van der Waals surface area contributed by atoms with E-state index in [1.54, 1.807) is 30.3 Å². The van der Waals surface area contributed by atoms with E-state index in [1.165, 1.54) is 0 Å². The molecule has 1 N–H and O–H groups in total. The van der Waals surface area contributed by atoms with Crippen molar-refractivity contribution in [2.75, 3.05) is 13.2 Å². The van der Waals surface area contributed by atoms with Gasteiger partial charge in [0, 0.05) is 13.5 Å². The Kier molecular flexibility index (Phi) is 3.61. The van der Waals surface area contributed by atoms with Crippen molar-refractivity contribution in [1.82, 2.24) is 5.32 Å². The van der Waals surface area contributed by atoms with Crippen LogP contribution in [-0.4, -0.2) is 31.1 Å². The highest BCUT2D eigenvalue weighted by molar-refractivity contribution is 5.82. The van der Waals surface area contributed by atoms with Gasteiger partial charge in [-0.25, -0.2) is 8.78 Å². The number of carbonyl (C=O) groups excluding carboxylic acids is 1. The summed E-state index contributed by atoms with van der Waals surface area (Å²) in [6, 6.07) is 8.47. The molecule has 98 valence electrons. The number of hydrogen-bond donors (Lipinski definition) is 1. The zero-order valence-corrected chi connectivity index (χ0v) is 10.0. The first-order chi connectivity index (χ1) is 8.48. The SMILES string of the molecule is CC(F)(F)C(CNC(=O)C1CO1)c1ccccc1. The van der Waals surface area contributed by atoms with Gasteiger partial charge in [0.05, 0.1) is 12.5 Å². The molecule has 0 aromatic heterocycles. The van der Waals surface area contributed by atoms with Crippen molar-refractivity contribution in [2.24, 2.45) is 0 Å². The lowest BCUT2D eigenvalue weighted by molar-refractivity contribution is -0.122. The van der Waals surface area contributed by atoms with E-state index >= 15 is 0 Å². The summed E-state index contributed by atoms with van der Waals surface area (Å²) >= 11 is 0. The van der Waals surface area contributed by atoms with Crippen LogP contribution in [0.2, 0.25) is 0 Å². The van der Waals surface area contributed by atoms with Crippen LogP contribution in [0.15, 0.2) is 30.3 Å². The van der Waals surface area contributed by atoms with Gasteiger partial charge < -0.3 is 10.1 Å². The van der Waals surface area contributed by atoms with Crippen LogP contribution in [0, 0.1) is 0 Å². The van der Waals surface area contributed by atoms with Crippen molar-refractivity contribution in [3.63, 3.8) is 0 Å². The fourth-order valence-corrected chi connectivity index (χ4v) is 1.79. The molecule has 1 amide bonds. The molecule has 2 atom stereocenters. The maximum atomic E-state index is 13.6. The van der Waals surface area contributed by atoms with Crippen LogP contribution in [0.4, 0.5) is 8.78 Å². The number of ether oxygens (including phenoxy) is 1. The van der Waals surface area contributed by atoms with Gasteiger partial charge in [-0.2, -0.15) is 0 Å². The largest absolute Gasteiger partial charge is 0.363 e. The highest BCUT2D eigenvalue weighted by Gasteiger charge is 2.37. The van der Waals surface area contributed by atoms with E-state index in [0.717, 1.165) is 6.92 Å². The van der Waals surface area contributed by atoms with Crippen molar-refractivity contribution in [3.8, 4) is 0 Å². The number of carbonyl (C=O) groups is 1. The second kappa shape index (κ2) is 5.02. The van der Waals surface area contributed by atoms with Gasteiger partial charge in [-0.15, -0.1) is 0 Å². The fraction of sp³-hybridized carbons (Fsp3) is 0.462. The molecule has 18 heavy (non-hydrogen) atoms. The van der Waals surface area contributed by atoms with Gasteiger partial charge in [0.2, 0.25) is 0 Å². The summed E-state index contributed by atoms with van der Waals surface area (Å²) in [6.45, 7) is 1.15. The molecule has 2 rings (SSSR count). The Labute approximate surface area is 104 Å². The van der Waals surface area contributed by atoms with Crippen LogP contribution in [0.3, 0.4) is 0 Å². The Morgan fingerprint density at radius 3 is 2.61 bits per heavy atom. The van der Waals surface area contributed by atoms with Gasteiger partial charge in [-0.3, -0.25) is 4.79 Å². The lowest BCUT2D eigenvalue weighted by Gasteiger charge is -2.24. The quantitative estimate of drug-likeness (QED) is 0.817. The van der Waals surface area contributed by atoms with Crippen molar-refractivity contribution in [2.45, 2.75) is 24.9 Å². The van der Waals surface area contributed by atoms with Crippen LogP contribution in [-0.2, 0) is 9.53 Å². The molecule has 1 fully saturated rings. The molecule has 0 aliphatic carbocycles. The normalized spacial score (nSPS) is 20.3. The third-order valence-corrected chi connectivity index (χ3v) is 2.92. The third-order valence-electron chi connectivity index (χ3n) is 2.92. The monoisotopic (exact) mass is 255 g/mol. The molecule has 1 aromatic rings. The molecule has 2 unspecified atom stereocenters. The zero-order valence-electron chi connectivity index (χ0n) is 10.0. The van der Waals surface area contributed by atoms with Crippen molar-refractivity contribution >= 4 is 5.91 Å². The highest BCUT2D eigenvalue weighted by atomic mass is 19.3. The summed E-state index contributed by atoms with van der Waals surface area (Å²) < 4.78 is 31.9.